The Kier molecular flexibility index (Phi) is 7.45. The zero-order valence-corrected chi connectivity index (χ0v) is 12.6. The van der Waals surface area contributed by atoms with E-state index in [0.29, 0.717) is 5.92 Å². The molecule has 0 radical (unpaired) electrons. The lowest BCUT2D eigenvalue weighted by Gasteiger charge is -2.22. The first-order valence-electron chi connectivity index (χ1n) is 7.07. The zero-order valence-electron chi connectivity index (χ0n) is 12.6. The van der Waals surface area contributed by atoms with E-state index in [4.69, 9.17) is 4.74 Å². The van der Waals surface area contributed by atoms with Crippen LogP contribution in [0.4, 0.5) is 5.69 Å². The minimum absolute atomic E-state index is 0.668. The van der Waals surface area contributed by atoms with Crippen molar-refractivity contribution in [1.82, 2.24) is 10.3 Å². The van der Waals surface area contributed by atoms with Crippen LogP contribution in [0.15, 0.2) is 18.5 Å². The van der Waals surface area contributed by atoms with Crippen molar-refractivity contribution in [2.45, 2.75) is 27.3 Å². The number of pyridine rings is 1. The number of nitrogens with one attached hydrogen (secondary N) is 1. The fourth-order valence-corrected chi connectivity index (χ4v) is 1.87. The third-order valence-electron chi connectivity index (χ3n) is 2.94. The summed E-state index contributed by atoms with van der Waals surface area (Å²) in [5.41, 5.74) is 2.47. The highest BCUT2D eigenvalue weighted by atomic mass is 16.5. The monoisotopic (exact) mass is 265 g/mol. The second-order valence-electron chi connectivity index (χ2n) is 5.15. The fourth-order valence-electron chi connectivity index (χ4n) is 1.87. The van der Waals surface area contributed by atoms with Gasteiger partial charge >= 0.3 is 0 Å². The van der Waals surface area contributed by atoms with Gasteiger partial charge in [-0.3, -0.25) is 4.98 Å². The van der Waals surface area contributed by atoms with E-state index in [-0.39, 0.29) is 0 Å². The van der Waals surface area contributed by atoms with E-state index in [2.05, 4.69) is 42.2 Å². The molecule has 0 aliphatic carbocycles. The molecule has 0 amide bonds. The number of aromatic nitrogens is 1. The summed E-state index contributed by atoms with van der Waals surface area (Å²) in [6.07, 6.45) is 3.78. The van der Waals surface area contributed by atoms with Gasteiger partial charge in [-0.1, -0.05) is 13.8 Å². The van der Waals surface area contributed by atoms with Crippen molar-refractivity contribution in [2.24, 2.45) is 5.92 Å². The molecule has 0 saturated carbocycles. The first-order chi connectivity index (χ1) is 9.15. The van der Waals surface area contributed by atoms with Crippen LogP contribution >= 0.6 is 0 Å². The Balaban J connectivity index is 2.56. The van der Waals surface area contributed by atoms with Crippen LogP contribution in [-0.2, 0) is 11.3 Å². The number of likely N-dealkylation sites (N-methyl/N-ethyl adjacent to an activating group) is 1. The van der Waals surface area contributed by atoms with E-state index >= 15 is 0 Å². The lowest BCUT2D eigenvalue weighted by atomic mass is 10.2. The Labute approximate surface area is 117 Å². The van der Waals surface area contributed by atoms with Gasteiger partial charge in [0.2, 0.25) is 0 Å². The maximum Gasteiger partial charge on any atom is 0.0641 e. The van der Waals surface area contributed by atoms with Gasteiger partial charge < -0.3 is 15.0 Å². The number of hydrogen-bond donors (Lipinski definition) is 1. The van der Waals surface area contributed by atoms with Crippen LogP contribution < -0.4 is 10.2 Å². The Hall–Kier alpha value is -1.13. The van der Waals surface area contributed by atoms with E-state index in [1.807, 2.05) is 19.3 Å². The van der Waals surface area contributed by atoms with Crippen molar-refractivity contribution in [3.05, 3.63) is 24.0 Å². The first-order valence-corrected chi connectivity index (χ1v) is 7.07. The van der Waals surface area contributed by atoms with Gasteiger partial charge in [-0.25, -0.2) is 0 Å². The summed E-state index contributed by atoms with van der Waals surface area (Å²) in [6, 6.07) is 2.08. The average molecular weight is 265 g/mol. The van der Waals surface area contributed by atoms with Gasteiger partial charge in [-0.15, -0.1) is 0 Å². The van der Waals surface area contributed by atoms with Gasteiger partial charge in [-0.2, -0.15) is 0 Å². The zero-order chi connectivity index (χ0) is 14.1. The maximum atomic E-state index is 5.40. The molecule has 0 unspecified atom stereocenters. The quantitative estimate of drug-likeness (QED) is 0.695. The molecular weight excluding hydrogens is 238 g/mol. The predicted molar refractivity (Wildman–Crippen MR) is 80.5 cm³/mol. The summed E-state index contributed by atoms with van der Waals surface area (Å²) in [6.45, 7) is 10.8. The highest BCUT2D eigenvalue weighted by molar-refractivity contribution is 5.50. The van der Waals surface area contributed by atoms with E-state index in [1.165, 1.54) is 11.3 Å². The molecule has 19 heavy (non-hydrogen) atoms. The lowest BCUT2D eigenvalue weighted by molar-refractivity contribution is 0.154. The second kappa shape index (κ2) is 8.88. The summed E-state index contributed by atoms with van der Waals surface area (Å²) in [5.74, 6) is 0.668. The standard InChI is InChI=1S/C15H27N3O/c1-5-19-9-8-18(4)15-12-16-7-6-14(15)11-17-10-13(2)3/h6-7,12-13,17H,5,8-11H2,1-4H3. The molecule has 0 fully saturated rings. The van der Waals surface area contributed by atoms with Crippen molar-refractivity contribution < 1.29 is 4.74 Å². The van der Waals surface area contributed by atoms with Crippen LogP contribution in [0.3, 0.4) is 0 Å². The Morgan fingerprint density at radius 1 is 1.42 bits per heavy atom. The lowest BCUT2D eigenvalue weighted by Crippen LogP contribution is -2.26. The van der Waals surface area contributed by atoms with Gasteiger partial charge in [0, 0.05) is 32.9 Å². The number of hydrogen-bond acceptors (Lipinski definition) is 4. The van der Waals surface area contributed by atoms with Crippen molar-refractivity contribution in [3.8, 4) is 0 Å². The first kappa shape index (κ1) is 15.9. The van der Waals surface area contributed by atoms with Crippen LogP contribution in [0.2, 0.25) is 0 Å². The molecule has 1 N–H and O–H groups in total. The van der Waals surface area contributed by atoms with Crippen LogP contribution in [0.25, 0.3) is 0 Å². The summed E-state index contributed by atoms with van der Waals surface area (Å²) >= 11 is 0. The van der Waals surface area contributed by atoms with Crippen molar-refractivity contribution >= 4 is 5.69 Å². The third kappa shape index (κ3) is 6.03. The molecule has 1 heterocycles. The number of rotatable bonds is 9. The second-order valence-corrected chi connectivity index (χ2v) is 5.15. The summed E-state index contributed by atoms with van der Waals surface area (Å²) in [4.78, 5) is 6.43. The van der Waals surface area contributed by atoms with Crippen molar-refractivity contribution in [1.29, 1.82) is 0 Å². The molecule has 0 bridgehead atoms. The van der Waals surface area contributed by atoms with Crippen LogP contribution in [0, 0.1) is 5.92 Å². The Bertz CT molecular complexity index is 355. The molecular formula is C15H27N3O. The Morgan fingerprint density at radius 3 is 2.89 bits per heavy atom. The van der Waals surface area contributed by atoms with Crippen LogP contribution in [0.5, 0.6) is 0 Å². The highest BCUT2D eigenvalue weighted by Crippen LogP contribution is 2.17. The Morgan fingerprint density at radius 2 is 2.21 bits per heavy atom. The third-order valence-corrected chi connectivity index (χ3v) is 2.94. The molecule has 0 saturated heterocycles. The maximum absolute atomic E-state index is 5.40. The molecule has 0 aliphatic rings. The van der Waals surface area contributed by atoms with E-state index in [1.54, 1.807) is 0 Å². The highest BCUT2D eigenvalue weighted by Gasteiger charge is 2.07. The van der Waals surface area contributed by atoms with Crippen LogP contribution in [0.1, 0.15) is 26.3 Å². The van der Waals surface area contributed by atoms with Crippen molar-refractivity contribution in [2.75, 3.05) is 38.3 Å². The molecule has 4 heteroatoms. The van der Waals surface area contributed by atoms with Gasteiger partial charge in [0.25, 0.3) is 0 Å². The normalized spacial score (nSPS) is 11.0. The van der Waals surface area contributed by atoms with Gasteiger partial charge in [-0.05, 0) is 31.0 Å². The van der Waals surface area contributed by atoms with E-state index in [9.17, 15) is 0 Å². The number of ether oxygens (including phenoxy) is 1. The predicted octanol–water partition coefficient (Wildman–Crippen LogP) is 2.30. The fraction of sp³-hybridized carbons (Fsp3) is 0.667. The molecule has 4 nitrogen and oxygen atoms in total. The molecule has 0 aliphatic heterocycles. The van der Waals surface area contributed by atoms with E-state index in [0.717, 1.165) is 32.8 Å². The molecule has 1 rings (SSSR count). The van der Waals surface area contributed by atoms with Gasteiger partial charge in [0.15, 0.2) is 0 Å². The minimum atomic E-state index is 0.668. The smallest absolute Gasteiger partial charge is 0.0641 e. The molecule has 1 aromatic rings. The number of anilines is 1. The summed E-state index contributed by atoms with van der Waals surface area (Å²) in [7, 11) is 2.09. The molecule has 1 aromatic heterocycles. The summed E-state index contributed by atoms with van der Waals surface area (Å²) in [5, 5.41) is 3.48. The summed E-state index contributed by atoms with van der Waals surface area (Å²) < 4.78 is 5.40. The largest absolute Gasteiger partial charge is 0.380 e. The van der Waals surface area contributed by atoms with Crippen molar-refractivity contribution in [3.63, 3.8) is 0 Å². The molecule has 0 atom stereocenters. The SMILES string of the molecule is CCOCCN(C)c1cnccc1CNCC(C)C. The van der Waals surface area contributed by atoms with E-state index < -0.39 is 0 Å². The average Bonchev–Trinajstić information content (AvgIpc) is 2.39. The minimum Gasteiger partial charge on any atom is -0.380 e. The molecule has 108 valence electrons. The molecule has 0 aromatic carbocycles. The number of nitrogens with zero attached hydrogens (tertiary/aromatic N) is 2. The van der Waals surface area contributed by atoms with Gasteiger partial charge in [0.1, 0.15) is 0 Å². The topological polar surface area (TPSA) is 37.4 Å². The molecule has 0 spiro atoms. The van der Waals surface area contributed by atoms with Gasteiger partial charge in [0.05, 0.1) is 18.5 Å². The van der Waals surface area contributed by atoms with Crippen LogP contribution in [-0.4, -0.2) is 38.3 Å².